The van der Waals surface area contributed by atoms with Crippen molar-refractivity contribution < 1.29 is 17.9 Å². The number of hydrogen-bond acceptors (Lipinski definition) is 4. The second kappa shape index (κ2) is 6.13. The molecule has 3 N–H and O–H groups in total. The molecule has 1 aromatic carbocycles. The molecule has 1 amide bonds. The molecule has 0 bridgehead atoms. The fraction of sp³-hybridized carbons (Fsp3) is 0.500. The molecule has 21 heavy (non-hydrogen) atoms. The highest BCUT2D eigenvalue weighted by atomic mass is 32.2. The number of carbonyl (C=O) groups excluding carboxylic acids is 1. The molecule has 1 aliphatic rings. The van der Waals surface area contributed by atoms with Crippen molar-refractivity contribution in [1.82, 2.24) is 5.32 Å². The first-order valence-electron chi connectivity index (χ1n) is 6.84. The van der Waals surface area contributed by atoms with E-state index in [1.54, 1.807) is 13.0 Å². The summed E-state index contributed by atoms with van der Waals surface area (Å²) in [6.45, 7) is 4.31. The molecule has 2 atom stereocenters. The molecule has 7 heteroatoms. The van der Waals surface area contributed by atoms with E-state index in [2.05, 4.69) is 5.32 Å². The molecule has 1 aromatic rings. The second-order valence-electron chi connectivity index (χ2n) is 5.39. The number of nitrogens with one attached hydrogen (secondary N) is 1. The molecular weight excluding hydrogens is 292 g/mol. The first-order valence-corrected chi connectivity index (χ1v) is 8.39. The third-order valence-corrected chi connectivity index (χ3v) is 4.42. The van der Waals surface area contributed by atoms with Gasteiger partial charge >= 0.3 is 0 Å². The van der Waals surface area contributed by atoms with Crippen LogP contribution in [-0.2, 0) is 14.8 Å². The Balaban J connectivity index is 2.17. The van der Waals surface area contributed by atoms with E-state index >= 15 is 0 Å². The second-order valence-corrected chi connectivity index (χ2v) is 6.95. The van der Waals surface area contributed by atoms with E-state index in [9.17, 15) is 13.2 Å². The van der Waals surface area contributed by atoms with Gasteiger partial charge in [0.25, 0.3) is 5.91 Å². The maximum Gasteiger partial charge on any atom is 0.251 e. The van der Waals surface area contributed by atoms with Gasteiger partial charge < -0.3 is 10.1 Å². The number of benzene rings is 1. The number of ether oxygens (including phenoxy) is 1. The quantitative estimate of drug-likeness (QED) is 0.864. The van der Waals surface area contributed by atoms with Crippen molar-refractivity contribution in [2.45, 2.75) is 43.7 Å². The van der Waals surface area contributed by atoms with Gasteiger partial charge in [-0.25, -0.2) is 13.6 Å². The Morgan fingerprint density at radius 2 is 2.14 bits per heavy atom. The number of hydrogen-bond donors (Lipinski definition) is 2. The van der Waals surface area contributed by atoms with Gasteiger partial charge in [0.2, 0.25) is 10.0 Å². The lowest BCUT2D eigenvalue weighted by molar-refractivity contribution is 0.0712. The van der Waals surface area contributed by atoms with Crippen molar-refractivity contribution in [3.8, 4) is 0 Å². The van der Waals surface area contributed by atoms with E-state index in [0.29, 0.717) is 12.2 Å². The zero-order chi connectivity index (χ0) is 15.6. The number of amides is 1. The Hall–Kier alpha value is -1.44. The van der Waals surface area contributed by atoms with Crippen LogP contribution in [0, 0.1) is 6.92 Å². The van der Waals surface area contributed by atoms with Crippen LogP contribution in [0.4, 0.5) is 0 Å². The fourth-order valence-corrected chi connectivity index (χ4v) is 3.06. The van der Waals surface area contributed by atoms with Crippen LogP contribution >= 0.6 is 0 Å². The lowest BCUT2D eigenvalue weighted by Gasteiger charge is -2.20. The fourth-order valence-electron chi connectivity index (χ4n) is 2.42. The van der Waals surface area contributed by atoms with Crippen LogP contribution in [0.5, 0.6) is 0 Å². The van der Waals surface area contributed by atoms with E-state index < -0.39 is 10.0 Å². The summed E-state index contributed by atoms with van der Waals surface area (Å²) >= 11 is 0. The number of rotatable bonds is 4. The molecule has 2 rings (SSSR count). The topological polar surface area (TPSA) is 98.5 Å². The van der Waals surface area contributed by atoms with Gasteiger partial charge in [0, 0.05) is 12.2 Å². The van der Waals surface area contributed by atoms with Gasteiger partial charge in [-0.1, -0.05) is 0 Å². The van der Waals surface area contributed by atoms with Gasteiger partial charge in [-0.15, -0.1) is 0 Å². The van der Waals surface area contributed by atoms with Crippen LogP contribution in [0.15, 0.2) is 23.1 Å². The molecule has 0 radical (unpaired) electrons. The van der Waals surface area contributed by atoms with Crippen molar-refractivity contribution in [3.05, 3.63) is 29.3 Å². The summed E-state index contributed by atoms with van der Waals surface area (Å²) in [6.07, 6.45) is 1.92. The Kier molecular flexibility index (Phi) is 4.65. The van der Waals surface area contributed by atoms with Crippen LogP contribution < -0.4 is 10.5 Å². The van der Waals surface area contributed by atoms with Gasteiger partial charge in [-0.3, -0.25) is 4.79 Å². The zero-order valence-corrected chi connectivity index (χ0v) is 12.9. The molecule has 0 spiro atoms. The van der Waals surface area contributed by atoms with E-state index in [1.807, 2.05) is 6.92 Å². The van der Waals surface area contributed by atoms with Crippen LogP contribution in [0.3, 0.4) is 0 Å². The van der Waals surface area contributed by atoms with Gasteiger partial charge in [0.05, 0.1) is 17.0 Å². The number of primary sulfonamides is 1. The highest BCUT2D eigenvalue weighted by Crippen LogP contribution is 2.17. The Morgan fingerprint density at radius 1 is 1.43 bits per heavy atom. The third-order valence-electron chi connectivity index (χ3n) is 3.52. The molecule has 1 fully saturated rings. The predicted octanol–water partition coefficient (Wildman–Crippen LogP) is 0.940. The number of nitrogens with two attached hydrogens (primary N) is 1. The molecule has 0 aliphatic carbocycles. The molecule has 6 nitrogen and oxygen atoms in total. The summed E-state index contributed by atoms with van der Waals surface area (Å²) in [5.41, 5.74) is 0.945. The average Bonchev–Trinajstić information content (AvgIpc) is 2.90. The maximum absolute atomic E-state index is 12.2. The minimum Gasteiger partial charge on any atom is -0.376 e. The Bertz CT molecular complexity index is 636. The van der Waals surface area contributed by atoms with Crippen molar-refractivity contribution in [3.63, 3.8) is 0 Å². The van der Waals surface area contributed by atoms with Gasteiger partial charge in [0.15, 0.2) is 0 Å². The van der Waals surface area contributed by atoms with Crippen LogP contribution in [0.1, 0.15) is 35.7 Å². The van der Waals surface area contributed by atoms with Crippen molar-refractivity contribution in [2.24, 2.45) is 5.14 Å². The summed E-state index contributed by atoms with van der Waals surface area (Å²) in [5.74, 6) is -0.327. The summed E-state index contributed by atoms with van der Waals surface area (Å²) in [4.78, 5) is 12.2. The first-order chi connectivity index (χ1) is 9.77. The minimum absolute atomic E-state index is 0.0106. The summed E-state index contributed by atoms with van der Waals surface area (Å²) in [6, 6.07) is 4.24. The normalized spacial score (nSPS) is 20.2. The van der Waals surface area contributed by atoms with Crippen LogP contribution in [0.25, 0.3) is 0 Å². The van der Waals surface area contributed by atoms with E-state index in [0.717, 1.165) is 12.8 Å². The lowest BCUT2D eigenvalue weighted by atomic mass is 10.1. The first kappa shape index (κ1) is 15.9. The molecule has 0 aromatic heterocycles. The number of aryl methyl sites for hydroxylation is 1. The maximum atomic E-state index is 12.2. The van der Waals surface area contributed by atoms with Gasteiger partial charge in [0.1, 0.15) is 0 Å². The van der Waals surface area contributed by atoms with Crippen molar-refractivity contribution in [1.29, 1.82) is 0 Å². The van der Waals surface area contributed by atoms with E-state index in [-0.39, 0.29) is 28.5 Å². The smallest absolute Gasteiger partial charge is 0.251 e. The molecule has 0 saturated carbocycles. The summed E-state index contributed by atoms with van der Waals surface area (Å²) < 4.78 is 28.4. The van der Waals surface area contributed by atoms with Crippen LogP contribution in [0.2, 0.25) is 0 Å². The summed E-state index contributed by atoms with van der Waals surface area (Å²) in [5, 5.41) is 7.96. The van der Waals surface area contributed by atoms with E-state index in [4.69, 9.17) is 9.88 Å². The van der Waals surface area contributed by atoms with E-state index in [1.165, 1.54) is 12.1 Å². The Labute approximate surface area is 124 Å². The van der Waals surface area contributed by atoms with Crippen molar-refractivity contribution in [2.75, 3.05) is 6.61 Å². The molecule has 2 unspecified atom stereocenters. The van der Waals surface area contributed by atoms with Crippen LogP contribution in [-0.4, -0.2) is 33.1 Å². The average molecular weight is 312 g/mol. The number of sulfonamides is 1. The Morgan fingerprint density at radius 3 is 2.71 bits per heavy atom. The molecule has 1 aliphatic heterocycles. The molecule has 1 heterocycles. The predicted molar refractivity (Wildman–Crippen MR) is 78.5 cm³/mol. The summed E-state index contributed by atoms with van der Waals surface area (Å²) in [7, 11) is -3.83. The standard InChI is InChI=1S/C14H20N2O4S/c1-9-6-11(8-12(7-9)21(15,18)19)14(17)16-10(2)13-4-3-5-20-13/h6-8,10,13H,3-5H2,1-2H3,(H,16,17)(H2,15,18,19). The lowest BCUT2D eigenvalue weighted by Crippen LogP contribution is -2.40. The highest BCUT2D eigenvalue weighted by molar-refractivity contribution is 7.89. The van der Waals surface area contributed by atoms with Gasteiger partial charge in [-0.05, 0) is 50.5 Å². The zero-order valence-electron chi connectivity index (χ0n) is 12.1. The molecule has 116 valence electrons. The van der Waals surface area contributed by atoms with Gasteiger partial charge in [-0.2, -0.15) is 0 Å². The monoisotopic (exact) mass is 312 g/mol. The highest BCUT2D eigenvalue weighted by Gasteiger charge is 2.24. The number of carbonyl (C=O) groups is 1. The minimum atomic E-state index is -3.83. The third kappa shape index (κ3) is 4.03. The largest absolute Gasteiger partial charge is 0.376 e. The molecule has 1 saturated heterocycles. The molecular formula is C14H20N2O4S. The SMILES string of the molecule is Cc1cc(C(=O)NC(C)C2CCCO2)cc(S(N)(=O)=O)c1. The van der Waals surface area contributed by atoms with Crippen molar-refractivity contribution >= 4 is 15.9 Å².